The minimum Gasteiger partial charge on any atom is -0.256 e. The summed E-state index contributed by atoms with van der Waals surface area (Å²) in [7, 11) is 0. The van der Waals surface area contributed by atoms with Gasteiger partial charge in [-0.3, -0.25) is 19.9 Å². The molecule has 0 radical (unpaired) electrons. The van der Waals surface area contributed by atoms with Crippen LogP contribution in [0.3, 0.4) is 0 Å². The van der Waals surface area contributed by atoms with Gasteiger partial charge in [0.2, 0.25) is 0 Å². The third kappa shape index (κ3) is 6.69. The van der Waals surface area contributed by atoms with Crippen LogP contribution in [0, 0.1) is 41.5 Å². The average Bonchev–Trinajstić information content (AvgIpc) is 3.68. The fraction of sp³-hybridized carbons (Fsp3) is 0.108. The van der Waals surface area contributed by atoms with Gasteiger partial charge in [-0.1, -0.05) is 109 Å². The van der Waals surface area contributed by atoms with Crippen molar-refractivity contribution < 1.29 is 0 Å². The van der Waals surface area contributed by atoms with Crippen LogP contribution in [0.15, 0.2) is 182 Å². The fourth-order valence-corrected chi connectivity index (χ4v) is 11.6. The summed E-state index contributed by atoms with van der Waals surface area (Å²) in [5, 5.41) is 4.41. The lowest BCUT2D eigenvalue weighted by Crippen LogP contribution is -2.29. The smallest absolute Gasteiger partial charge is 0.0972 e. The molecule has 338 valence electrons. The van der Waals surface area contributed by atoms with E-state index < -0.39 is 5.41 Å². The van der Waals surface area contributed by atoms with Gasteiger partial charge in [-0.25, -0.2) is 9.97 Å². The van der Waals surface area contributed by atoms with Crippen LogP contribution >= 0.6 is 0 Å². The highest BCUT2D eigenvalue weighted by Gasteiger charge is 2.47. The van der Waals surface area contributed by atoms with Gasteiger partial charge in [-0.2, -0.15) is 0 Å². The number of hydrogen-bond acceptors (Lipinski definition) is 6. The summed E-state index contributed by atoms with van der Waals surface area (Å²) in [6.45, 7) is 12.9. The van der Waals surface area contributed by atoms with E-state index in [1.165, 1.54) is 33.4 Å². The van der Waals surface area contributed by atoms with Crippen LogP contribution in [0.1, 0.15) is 55.9 Å². The molecule has 0 saturated carbocycles. The molecule has 6 aromatic heterocycles. The highest BCUT2D eigenvalue weighted by molar-refractivity contribution is 6.06. The van der Waals surface area contributed by atoms with Crippen molar-refractivity contribution in [2.24, 2.45) is 0 Å². The van der Waals surface area contributed by atoms with Crippen LogP contribution in [0.4, 0.5) is 0 Å². The van der Waals surface area contributed by atoms with E-state index in [4.69, 9.17) is 29.9 Å². The number of benzene rings is 6. The molecule has 0 saturated heterocycles. The molecule has 13 rings (SSSR count). The molecule has 0 atom stereocenters. The summed E-state index contributed by atoms with van der Waals surface area (Å²) in [6.07, 6.45) is 3.75. The van der Waals surface area contributed by atoms with Crippen LogP contribution in [0.25, 0.3) is 99.8 Å². The van der Waals surface area contributed by atoms with Gasteiger partial charge in [0.1, 0.15) is 0 Å². The van der Waals surface area contributed by atoms with E-state index in [0.717, 1.165) is 122 Å². The van der Waals surface area contributed by atoms with Gasteiger partial charge in [0.15, 0.2) is 0 Å². The van der Waals surface area contributed by atoms with Gasteiger partial charge in [-0.15, -0.1) is 0 Å². The number of rotatable bonds is 6. The molecule has 1 aliphatic carbocycles. The first-order chi connectivity index (χ1) is 34.6. The van der Waals surface area contributed by atoms with Crippen LogP contribution in [0.2, 0.25) is 0 Å². The lowest BCUT2D eigenvalue weighted by atomic mass is 9.66. The number of nitrogens with zero attached hydrogens (tertiary/aromatic N) is 6. The number of pyridine rings is 6. The van der Waals surface area contributed by atoms with Crippen LogP contribution < -0.4 is 0 Å². The maximum Gasteiger partial charge on any atom is 0.0972 e. The van der Waals surface area contributed by atoms with Gasteiger partial charge in [-0.05, 0) is 158 Å². The van der Waals surface area contributed by atoms with Crippen molar-refractivity contribution in [3.8, 4) is 56.2 Å². The Kier molecular flexibility index (Phi) is 9.65. The first-order valence-electron chi connectivity index (χ1n) is 24.3. The van der Waals surface area contributed by atoms with Gasteiger partial charge in [0, 0.05) is 67.6 Å². The number of aromatic nitrogens is 6. The molecule has 6 heteroatoms. The Balaban J connectivity index is 1.06. The maximum absolute atomic E-state index is 5.39. The van der Waals surface area contributed by atoms with Crippen molar-refractivity contribution in [1.29, 1.82) is 0 Å². The van der Waals surface area contributed by atoms with Crippen molar-refractivity contribution in [3.05, 3.63) is 238 Å². The van der Waals surface area contributed by atoms with Gasteiger partial charge >= 0.3 is 0 Å². The SMILES string of the molecule is Cc1cc(C)c2ccc3ccc(-c4ccc(C5(c6ccc(-c7ccc8ccc9c(C)cc(C)nc9c8n7)c(C)c6)c6cc(-c7ccccn7)ccc6-c6ccc(-c7ccccn7)cc65)cc4C)nc3c2n1. The van der Waals surface area contributed by atoms with E-state index in [1.54, 1.807) is 0 Å². The van der Waals surface area contributed by atoms with Crippen LogP contribution in [-0.4, -0.2) is 29.9 Å². The predicted molar refractivity (Wildman–Crippen MR) is 291 cm³/mol. The number of fused-ring (bicyclic) bond motifs is 9. The van der Waals surface area contributed by atoms with Crippen molar-refractivity contribution in [1.82, 2.24) is 29.9 Å². The third-order valence-electron chi connectivity index (χ3n) is 14.9. The Hall–Kier alpha value is -8.74. The molecule has 6 aromatic carbocycles. The molecule has 6 nitrogen and oxygen atoms in total. The number of aryl methyl sites for hydroxylation is 6. The second kappa shape index (κ2) is 16.2. The summed E-state index contributed by atoms with van der Waals surface area (Å²) in [4.78, 5) is 30.5. The summed E-state index contributed by atoms with van der Waals surface area (Å²) in [5.41, 5.74) is 24.7. The molecule has 1 aliphatic rings. The topological polar surface area (TPSA) is 77.3 Å². The van der Waals surface area contributed by atoms with Gasteiger partial charge in [0.05, 0.1) is 50.3 Å². The highest BCUT2D eigenvalue weighted by Crippen LogP contribution is 2.58. The Morgan fingerprint density at radius 2 is 0.761 bits per heavy atom. The monoisotopic (exact) mass is 912 g/mol. The van der Waals surface area contributed by atoms with E-state index in [1.807, 2.05) is 24.5 Å². The van der Waals surface area contributed by atoms with Crippen molar-refractivity contribution in [2.75, 3.05) is 0 Å². The largest absolute Gasteiger partial charge is 0.256 e. The van der Waals surface area contributed by atoms with Crippen LogP contribution in [-0.2, 0) is 5.41 Å². The van der Waals surface area contributed by atoms with E-state index in [9.17, 15) is 0 Å². The maximum atomic E-state index is 5.39. The number of hydrogen-bond donors (Lipinski definition) is 0. The van der Waals surface area contributed by atoms with Crippen molar-refractivity contribution in [3.63, 3.8) is 0 Å². The normalized spacial score (nSPS) is 12.8. The second-order valence-corrected chi connectivity index (χ2v) is 19.4. The fourth-order valence-electron chi connectivity index (χ4n) is 11.6. The Morgan fingerprint density at radius 1 is 0.324 bits per heavy atom. The molecule has 6 heterocycles. The zero-order valence-corrected chi connectivity index (χ0v) is 40.5. The summed E-state index contributed by atoms with van der Waals surface area (Å²) in [6, 6.07) is 61.7. The van der Waals surface area contributed by atoms with Gasteiger partial charge in [0.25, 0.3) is 0 Å². The molecular formula is C65H48N6. The Bertz CT molecular complexity index is 3910. The molecule has 0 unspecified atom stereocenters. The van der Waals surface area contributed by atoms with Gasteiger partial charge < -0.3 is 0 Å². The zero-order chi connectivity index (χ0) is 48.1. The Labute approximate surface area is 412 Å². The van der Waals surface area contributed by atoms with Crippen molar-refractivity contribution in [2.45, 2.75) is 47.0 Å². The molecular weight excluding hydrogens is 865 g/mol. The third-order valence-corrected chi connectivity index (χ3v) is 14.9. The zero-order valence-electron chi connectivity index (χ0n) is 40.5. The molecule has 0 N–H and O–H groups in total. The molecule has 0 bridgehead atoms. The molecule has 0 fully saturated rings. The van der Waals surface area contributed by atoms with Crippen LogP contribution in [0.5, 0.6) is 0 Å². The predicted octanol–water partition coefficient (Wildman–Crippen LogP) is 15.6. The average molecular weight is 913 g/mol. The minimum atomic E-state index is -0.759. The first-order valence-corrected chi connectivity index (χ1v) is 24.3. The second-order valence-electron chi connectivity index (χ2n) is 19.4. The van der Waals surface area contributed by atoms with Crippen molar-refractivity contribution >= 4 is 43.6 Å². The summed E-state index contributed by atoms with van der Waals surface area (Å²) < 4.78 is 0. The van der Waals surface area contributed by atoms with E-state index in [0.29, 0.717) is 0 Å². The van der Waals surface area contributed by atoms with E-state index in [2.05, 4.69) is 199 Å². The summed E-state index contributed by atoms with van der Waals surface area (Å²) in [5.74, 6) is 0. The molecule has 0 spiro atoms. The lowest BCUT2D eigenvalue weighted by Gasteiger charge is -2.35. The highest BCUT2D eigenvalue weighted by atomic mass is 14.8. The van der Waals surface area contributed by atoms with E-state index in [-0.39, 0.29) is 0 Å². The minimum absolute atomic E-state index is 0.759. The quantitative estimate of drug-likeness (QED) is 0.155. The molecule has 0 amide bonds. The molecule has 12 aromatic rings. The summed E-state index contributed by atoms with van der Waals surface area (Å²) >= 11 is 0. The first kappa shape index (κ1) is 42.4. The standard InChI is InChI=1S/C65H48N6/c1-37-31-41(5)68-63-51(37)21-13-43-17-27-59(70-61(43)63)49-25-19-47(33-39(49)3)65(48-20-26-50(40(4)34-48)60-28-18-44-14-22-52-38(2)32-42(6)69-64(52)62(44)71-60)55-35-45(57-11-7-9-29-66-57)15-23-53(55)54-24-16-46(36-56(54)65)58-12-8-10-30-67-58/h7-36H,1-6H3. The molecule has 0 aliphatic heterocycles. The van der Waals surface area contributed by atoms with E-state index >= 15 is 0 Å². The lowest BCUT2D eigenvalue weighted by molar-refractivity contribution is 0.767. The molecule has 71 heavy (non-hydrogen) atoms. The Morgan fingerprint density at radius 3 is 1.18 bits per heavy atom.